The molecule has 0 bridgehead atoms. The number of benzene rings is 1. The summed E-state index contributed by atoms with van der Waals surface area (Å²) in [5.74, 6) is -1.55. The van der Waals surface area contributed by atoms with Gasteiger partial charge in [-0.3, -0.25) is 4.79 Å². The highest BCUT2D eigenvalue weighted by molar-refractivity contribution is 5.85. The number of hydrogen-bond acceptors (Lipinski definition) is 3. The maximum Gasteiger partial charge on any atom is 0.227 e. The lowest BCUT2D eigenvalue weighted by molar-refractivity contribution is -0.137. The number of carbonyl (C=O) groups is 1. The lowest BCUT2D eigenvalue weighted by Gasteiger charge is -2.32. The number of amides is 1. The molecule has 1 aliphatic heterocycles. The second kappa shape index (κ2) is 7.52. The summed E-state index contributed by atoms with van der Waals surface area (Å²) >= 11 is 0. The number of ether oxygens (including phenoxy) is 1. The Bertz CT molecular complexity index is 474. The van der Waals surface area contributed by atoms with Crippen molar-refractivity contribution in [2.75, 3.05) is 26.2 Å². The van der Waals surface area contributed by atoms with Gasteiger partial charge in [-0.15, -0.1) is 12.4 Å². The van der Waals surface area contributed by atoms with Crippen LogP contribution in [0.5, 0.6) is 0 Å². The Hall–Kier alpha value is -1.24. The van der Waals surface area contributed by atoms with E-state index in [1.807, 2.05) is 0 Å². The van der Waals surface area contributed by atoms with Crippen molar-refractivity contribution in [3.8, 4) is 0 Å². The normalized spacial score (nSPS) is 18.6. The van der Waals surface area contributed by atoms with E-state index in [0.29, 0.717) is 26.2 Å². The average molecular weight is 307 g/mol. The Kier molecular flexibility index (Phi) is 6.32. The van der Waals surface area contributed by atoms with Crippen LogP contribution in [0.15, 0.2) is 18.2 Å². The Morgan fingerprint density at radius 3 is 2.85 bits per heavy atom. The zero-order chi connectivity index (χ0) is 13.8. The molecule has 2 rings (SSSR count). The maximum atomic E-state index is 13.5. The molecule has 1 aromatic rings. The fourth-order valence-electron chi connectivity index (χ4n) is 2.03. The second-order valence-electron chi connectivity index (χ2n) is 4.48. The van der Waals surface area contributed by atoms with Crippen molar-refractivity contribution in [2.24, 2.45) is 5.73 Å². The molecule has 1 aromatic carbocycles. The summed E-state index contributed by atoms with van der Waals surface area (Å²) in [7, 11) is 0. The molecular weight excluding hydrogens is 290 g/mol. The van der Waals surface area contributed by atoms with Crippen LogP contribution in [0.1, 0.15) is 5.56 Å². The SMILES string of the molecule is Cl.NCC1CN(C(=O)Cc2ccc(F)cc2F)CCO1. The van der Waals surface area contributed by atoms with Crippen LogP contribution in [-0.2, 0) is 16.0 Å². The van der Waals surface area contributed by atoms with Gasteiger partial charge in [0.05, 0.1) is 19.1 Å². The smallest absolute Gasteiger partial charge is 0.227 e. The Morgan fingerprint density at radius 1 is 1.45 bits per heavy atom. The van der Waals surface area contributed by atoms with E-state index in [9.17, 15) is 13.6 Å². The van der Waals surface area contributed by atoms with Gasteiger partial charge in [0, 0.05) is 25.7 Å². The van der Waals surface area contributed by atoms with Crippen LogP contribution >= 0.6 is 12.4 Å². The topological polar surface area (TPSA) is 55.6 Å². The molecule has 1 saturated heterocycles. The maximum absolute atomic E-state index is 13.5. The molecule has 0 saturated carbocycles. The summed E-state index contributed by atoms with van der Waals surface area (Å²) in [5.41, 5.74) is 5.69. The minimum Gasteiger partial charge on any atom is -0.373 e. The Morgan fingerprint density at radius 2 is 2.20 bits per heavy atom. The number of nitrogens with zero attached hydrogens (tertiary/aromatic N) is 1. The zero-order valence-corrected chi connectivity index (χ0v) is 11.7. The van der Waals surface area contributed by atoms with Gasteiger partial charge in [-0.25, -0.2) is 8.78 Å². The first-order valence-corrected chi connectivity index (χ1v) is 6.13. The van der Waals surface area contributed by atoms with Gasteiger partial charge in [-0.1, -0.05) is 6.07 Å². The molecule has 1 heterocycles. The minimum atomic E-state index is -0.697. The third-order valence-corrected chi connectivity index (χ3v) is 3.11. The van der Waals surface area contributed by atoms with Gasteiger partial charge in [0.25, 0.3) is 0 Å². The molecule has 2 N–H and O–H groups in total. The van der Waals surface area contributed by atoms with Gasteiger partial charge >= 0.3 is 0 Å². The van der Waals surface area contributed by atoms with Gasteiger partial charge in [0.2, 0.25) is 5.91 Å². The first-order chi connectivity index (χ1) is 9.10. The van der Waals surface area contributed by atoms with Crippen molar-refractivity contribution in [1.29, 1.82) is 0 Å². The molecule has 20 heavy (non-hydrogen) atoms. The highest BCUT2D eigenvalue weighted by atomic mass is 35.5. The van der Waals surface area contributed by atoms with Crippen LogP contribution in [0.4, 0.5) is 8.78 Å². The number of nitrogens with two attached hydrogens (primary N) is 1. The van der Waals surface area contributed by atoms with Crippen molar-refractivity contribution >= 4 is 18.3 Å². The molecule has 1 aliphatic rings. The molecule has 1 amide bonds. The summed E-state index contributed by atoms with van der Waals surface area (Å²) in [6, 6.07) is 3.22. The summed E-state index contributed by atoms with van der Waals surface area (Å²) in [4.78, 5) is 13.6. The number of morpholine rings is 1. The predicted molar refractivity (Wildman–Crippen MR) is 72.7 cm³/mol. The Labute approximate surface area is 122 Å². The first-order valence-electron chi connectivity index (χ1n) is 6.13. The predicted octanol–water partition coefficient (Wildman–Crippen LogP) is 1.12. The van der Waals surface area contributed by atoms with Crippen molar-refractivity contribution < 1.29 is 18.3 Å². The molecule has 4 nitrogen and oxygen atoms in total. The van der Waals surface area contributed by atoms with Crippen LogP contribution in [0, 0.1) is 11.6 Å². The summed E-state index contributed by atoms with van der Waals surface area (Å²) in [5, 5.41) is 0. The summed E-state index contributed by atoms with van der Waals surface area (Å²) < 4.78 is 31.6. The first kappa shape index (κ1) is 16.8. The second-order valence-corrected chi connectivity index (χ2v) is 4.48. The molecule has 0 radical (unpaired) electrons. The van der Waals surface area contributed by atoms with Gasteiger partial charge in [-0.2, -0.15) is 0 Å². The van der Waals surface area contributed by atoms with E-state index < -0.39 is 11.6 Å². The lowest BCUT2D eigenvalue weighted by Crippen LogP contribution is -2.48. The average Bonchev–Trinajstić information content (AvgIpc) is 2.42. The van der Waals surface area contributed by atoms with Crippen LogP contribution in [-0.4, -0.2) is 43.2 Å². The highest BCUT2D eigenvalue weighted by Crippen LogP contribution is 2.13. The van der Waals surface area contributed by atoms with Crippen LogP contribution in [0.2, 0.25) is 0 Å². The highest BCUT2D eigenvalue weighted by Gasteiger charge is 2.23. The molecule has 1 atom stereocenters. The number of carbonyl (C=O) groups excluding carboxylic acids is 1. The number of rotatable bonds is 3. The van der Waals surface area contributed by atoms with Gasteiger partial charge < -0.3 is 15.4 Å². The third-order valence-electron chi connectivity index (χ3n) is 3.11. The molecule has 1 unspecified atom stereocenters. The fraction of sp³-hybridized carbons (Fsp3) is 0.462. The minimum absolute atomic E-state index is 0. The monoisotopic (exact) mass is 306 g/mol. The fourth-order valence-corrected chi connectivity index (χ4v) is 2.03. The van der Waals surface area contributed by atoms with Gasteiger partial charge in [-0.05, 0) is 11.6 Å². The quantitative estimate of drug-likeness (QED) is 0.910. The van der Waals surface area contributed by atoms with Crippen molar-refractivity contribution in [1.82, 2.24) is 4.90 Å². The largest absolute Gasteiger partial charge is 0.373 e. The van der Waals surface area contributed by atoms with E-state index >= 15 is 0 Å². The van der Waals surface area contributed by atoms with E-state index in [1.165, 1.54) is 6.07 Å². The van der Waals surface area contributed by atoms with E-state index in [-0.39, 0.29) is 36.4 Å². The standard InChI is InChI=1S/C13H16F2N2O2.ClH/c14-10-2-1-9(12(15)6-10)5-13(18)17-3-4-19-11(7-16)8-17;/h1-2,6,11H,3-5,7-8,16H2;1H. The molecular formula is C13H17ClF2N2O2. The van der Waals surface area contributed by atoms with Gasteiger partial charge in [0.1, 0.15) is 11.6 Å². The molecule has 0 spiro atoms. The molecule has 0 aliphatic carbocycles. The van der Waals surface area contributed by atoms with Crippen LogP contribution in [0.3, 0.4) is 0 Å². The zero-order valence-electron chi connectivity index (χ0n) is 10.9. The van der Waals surface area contributed by atoms with E-state index in [4.69, 9.17) is 10.5 Å². The van der Waals surface area contributed by atoms with Crippen molar-refractivity contribution in [3.05, 3.63) is 35.4 Å². The Balaban J connectivity index is 0.00000200. The van der Waals surface area contributed by atoms with Crippen molar-refractivity contribution in [2.45, 2.75) is 12.5 Å². The van der Waals surface area contributed by atoms with Crippen molar-refractivity contribution in [3.63, 3.8) is 0 Å². The molecule has 0 aromatic heterocycles. The van der Waals surface area contributed by atoms with Gasteiger partial charge in [0.15, 0.2) is 0 Å². The van der Waals surface area contributed by atoms with Crippen LogP contribution in [0.25, 0.3) is 0 Å². The molecule has 7 heteroatoms. The van der Waals surface area contributed by atoms with E-state index in [1.54, 1.807) is 4.90 Å². The molecule has 112 valence electrons. The molecule has 1 fully saturated rings. The lowest BCUT2D eigenvalue weighted by atomic mass is 10.1. The third kappa shape index (κ3) is 4.13. The summed E-state index contributed by atoms with van der Waals surface area (Å²) in [6.07, 6.45) is -0.251. The number of hydrogen-bond donors (Lipinski definition) is 1. The summed E-state index contributed by atoms with van der Waals surface area (Å²) in [6.45, 7) is 1.66. The van der Waals surface area contributed by atoms with E-state index in [0.717, 1.165) is 12.1 Å². The number of halogens is 3. The van der Waals surface area contributed by atoms with Crippen LogP contribution < -0.4 is 5.73 Å². The van der Waals surface area contributed by atoms with E-state index in [2.05, 4.69) is 0 Å².